The maximum atomic E-state index is 10.1. The summed E-state index contributed by atoms with van der Waals surface area (Å²) in [4.78, 5) is 10.1. The highest BCUT2D eigenvalue weighted by Crippen LogP contribution is 1.85. The predicted octanol–water partition coefficient (Wildman–Crippen LogP) is 2.87. The van der Waals surface area contributed by atoms with Crippen molar-refractivity contribution in [3.63, 3.8) is 0 Å². The van der Waals surface area contributed by atoms with Gasteiger partial charge in [-0.15, -0.1) is 0 Å². The highest BCUT2D eigenvalue weighted by molar-refractivity contribution is 5.68. The number of carboxylic acids is 1. The number of hydrogen-bond donors (Lipinski definition) is 1. The third-order valence-corrected chi connectivity index (χ3v) is 1.23. The molecule has 0 fully saturated rings. The molecule has 0 unspecified atom stereocenters. The number of rotatable bonds is 6. The van der Waals surface area contributed by atoms with Gasteiger partial charge in [-0.1, -0.05) is 61.3 Å². The SMILES string of the molecule is C=CC=CC=CC=CC=CCC(=O)O. The van der Waals surface area contributed by atoms with Crippen LogP contribution in [-0.4, -0.2) is 11.1 Å². The van der Waals surface area contributed by atoms with Crippen molar-refractivity contribution >= 4 is 5.97 Å². The van der Waals surface area contributed by atoms with Gasteiger partial charge >= 0.3 is 5.97 Å². The molecule has 0 aromatic rings. The summed E-state index contributed by atoms with van der Waals surface area (Å²) in [6.45, 7) is 3.53. The Labute approximate surface area is 84.3 Å². The molecular weight excluding hydrogens is 176 g/mol. The fourth-order valence-electron chi connectivity index (χ4n) is 0.647. The van der Waals surface area contributed by atoms with Crippen molar-refractivity contribution in [1.82, 2.24) is 0 Å². The summed E-state index contributed by atoms with van der Waals surface area (Å²) in [6, 6.07) is 0. The Hall–Kier alpha value is -1.83. The molecule has 14 heavy (non-hydrogen) atoms. The molecule has 0 spiro atoms. The first kappa shape index (κ1) is 12.2. The van der Waals surface area contributed by atoms with Crippen molar-refractivity contribution in [2.75, 3.05) is 0 Å². The van der Waals surface area contributed by atoms with Crippen molar-refractivity contribution < 1.29 is 9.90 Å². The van der Waals surface area contributed by atoms with Gasteiger partial charge in [0.15, 0.2) is 0 Å². The molecule has 0 aromatic heterocycles. The second-order valence-corrected chi connectivity index (χ2v) is 2.42. The van der Waals surface area contributed by atoms with E-state index in [1.807, 2.05) is 30.4 Å². The third kappa shape index (κ3) is 10.2. The molecule has 0 atom stereocenters. The number of carbonyl (C=O) groups is 1. The molecule has 0 radical (unpaired) electrons. The summed E-state index contributed by atoms with van der Waals surface area (Å²) in [5, 5.41) is 8.31. The van der Waals surface area contributed by atoms with Crippen LogP contribution in [-0.2, 0) is 4.79 Å². The van der Waals surface area contributed by atoms with Crippen LogP contribution in [0.25, 0.3) is 0 Å². The van der Waals surface area contributed by atoms with Gasteiger partial charge < -0.3 is 5.11 Å². The zero-order valence-corrected chi connectivity index (χ0v) is 7.97. The molecule has 0 heterocycles. The summed E-state index contributed by atoms with van der Waals surface area (Å²) in [5.41, 5.74) is 0. The van der Waals surface area contributed by atoms with E-state index in [2.05, 4.69) is 6.58 Å². The third-order valence-electron chi connectivity index (χ3n) is 1.23. The largest absolute Gasteiger partial charge is 0.481 e. The van der Waals surface area contributed by atoms with Gasteiger partial charge in [0, 0.05) is 0 Å². The normalized spacial score (nSPS) is 12.3. The molecule has 1 N–H and O–H groups in total. The first-order chi connectivity index (χ1) is 6.77. The maximum absolute atomic E-state index is 10.1. The fraction of sp³-hybridized carbons (Fsp3) is 0.0833. The van der Waals surface area contributed by atoms with Crippen LogP contribution >= 0.6 is 0 Å². The lowest BCUT2D eigenvalue weighted by Gasteiger charge is -1.79. The van der Waals surface area contributed by atoms with Gasteiger partial charge in [0.2, 0.25) is 0 Å². The van der Waals surface area contributed by atoms with E-state index in [-0.39, 0.29) is 6.42 Å². The van der Waals surface area contributed by atoms with Gasteiger partial charge in [-0.25, -0.2) is 0 Å². The van der Waals surface area contributed by atoms with Gasteiger partial charge in [-0.05, 0) is 0 Å². The van der Waals surface area contributed by atoms with E-state index in [0.29, 0.717) is 0 Å². The quantitative estimate of drug-likeness (QED) is 0.654. The second kappa shape index (κ2) is 9.26. The van der Waals surface area contributed by atoms with Gasteiger partial charge in [0.25, 0.3) is 0 Å². The summed E-state index contributed by atoms with van der Waals surface area (Å²) in [5.74, 6) is -0.820. The monoisotopic (exact) mass is 190 g/mol. The van der Waals surface area contributed by atoms with E-state index in [0.717, 1.165) is 0 Å². The molecule has 0 aliphatic rings. The van der Waals surface area contributed by atoms with E-state index in [1.54, 1.807) is 24.3 Å². The molecule has 0 bridgehead atoms. The van der Waals surface area contributed by atoms with Crippen molar-refractivity contribution in [1.29, 1.82) is 0 Å². The summed E-state index contributed by atoms with van der Waals surface area (Å²) >= 11 is 0. The van der Waals surface area contributed by atoms with Gasteiger partial charge in [0.1, 0.15) is 0 Å². The lowest BCUT2D eigenvalue weighted by Crippen LogP contribution is -1.89. The van der Waals surface area contributed by atoms with E-state index in [4.69, 9.17) is 5.11 Å². The summed E-state index contributed by atoms with van der Waals surface area (Å²) in [6.07, 6.45) is 16.1. The Kier molecular flexibility index (Phi) is 8.05. The fourth-order valence-corrected chi connectivity index (χ4v) is 0.647. The lowest BCUT2D eigenvalue weighted by molar-refractivity contribution is -0.135. The molecule has 0 saturated carbocycles. The Balaban J connectivity index is 3.67. The first-order valence-corrected chi connectivity index (χ1v) is 4.26. The number of hydrogen-bond acceptors (Lipinski definition) is 1. The average Bonchev–Trinajstić information content (AvgIpc) is 2.15. The predicted molar refractivity (Wildman–Crippen MR) is 59.0 cm³/mol. The van der Waals surface area contributed by atoms with E-state index in [9.17, 15) is 4.79 Å². The minimum Gasteiger partial charge on any atom is -0.481 e. The molecule has 0 saturated heterocycles. The zero-order chi connectivity index (χ0) is 10.6. The minimum atomic E-state index is -0.820. The number of carboxylic acid groups (broad SMARTS) is 1. The van der Waals surface area contributed by atoms with Crippen LogP contribution < -0.4 is 0 Å². The van der Waals surface area contributed by atoms with E-state index < -0.39 is 5.97 Å². The topological polar surface area (TPSA) is 37.3 Å². The van der Waals surface area contributed by atoms with Crippen LogP contribution in [0.1, 0.15) is 6.42 Å². The molecule has 0 rings (SSSR count). The average molecular weight is 190 g/mol. The van der Waals surface area contributed by atoms with Gasteiger partial charge in [0.05, 0.1) is 6.42 Å². The molecular formula is C12H14O2. The van der Waals surface area contributed by atoms with Crippen molar-refractivity contribution in [3.05, 3.63) is 61.3 Å². The van der Waals surface area contributed by atoms with Crippen LogP contribution in [0.15, 0.2) is 61.3 Å². The van der Waals surface area contributed by atoms with E-state index >= 15 is 0 Å². The van der Waals surface area contributed by atoms with Crippen LogP contribution in [0.4, 0.5) is 0 Å². The molecule has 0 amide bonds. The smallest absolute Gasteiger partial charge is 0.307 e. The van der Waals surface area contributed by atoms with Crippen LogP contribution in [0.3, 0.4) is 0 Å². The Morgan fingerprint density at radius 2 is 1.50 bits per heavy atom. The molecule has 2 nitrogen and oxygen atoms in total. The minimum absolute atomic E-state index is 0.0599. The molecule has 0 aliphatic heterocycles. The van der Waals surface area contributed by atoms with Crippen molar-refractivity contribution in [2.24, 2.45) is 0 Å². The van der Waals surface area contributed by atoms with Crippen LogP contribution in [0, 0.1) is 0 Å². The Morgan fingerprint density at radius 3 is 2.00 bits per heavy atom. The highest BCUT2D eigenvalue weighted by Gasteiger charge is 1.86. The molecule has 0 aromatic carbocycles. The number of allylic oxidation sites excluding steroid dienone is 8. The molecule has 2 heteroatoms. The van der Waals surface area contributed by atoms with E-state index in [1.165, 1.54) is 0 Å². The molecule has 74 valence electrons. The highest BCUT2D eigenvalue weighted by atomic mass is 16.4. The maximum Gasteiger partial charge on any atom is 0.307 e. The number of aliphatic carboxylic acids is 1. The van der Waals surface area contributed by atoms with Gasteiger partial charge in [-0.2, -0.15) is 0 Å². The lowest BCUT2D eigenvalue weighted by atomic mass is 10.3. The first-order valence-electron chi connectivity index (χ1n) is 4.26. The standard InChI is InChI=1S/C12H14O2/c1-2-3-4-5-6-7-8-9-10-11-12(13)14/h2-10H,1,11H2,(H,13,14). The Morgan fingerprint density at radius 1 is 1.00 bits per heavy atom. The summed E-state index contributed by atoms with van der Waals surface area (Å²) in [7, 11) is 0. The Bertz CT molecular complexity index is 281. The van der Waals surface area contributed by atoms with Crippen LogP contribution in [0.5, 0.6) is 0 Å². The van der Waals surface area contributed by atoms with Crippen molar-refractivity contribution in [3.8, 4) is 0 Å². The van der Waals surface area contributed by atoms with Crippen molar-refractivity contribution in [2.45, 2.75) is 6.42 Å². The van der Waals surface area contributed by atoms with Crippen LogP contribution in [0.2, 0.25) is 0 Å². The molecule has 0 aliphatic carbocycles. The zero-order valence-electron chi connectivity index (χ0n) is 7.97. The second-order valence-electron chi connectivity index (χ2n) is 2.42. The summed E-state index contributed by atoms with van der Waals surface area (Å²) < 4.78 is 0. The van der Waals surface area contributed by atoms with Gasteiger partial charge in [-0.3, -0.25) is 4.79 Å².